The first-order chi connectivity index (χ1) is 15.2. The van der Waals surface area contributed by atoms with Crippen molar-refractivity contribution in [3.05, 3.63) is 53.8 Å². The lowest BCUT2D eigenvalue weighted by Crippen LogP contribution is -2.51. The minimum absolute atomic E-state index is 0.0172. The first kappa shape index (κ1) is 24.4. The Balaban J connectivity index is 2.05. The third-order valence-corrected chi connectivity index (χ3v) is 5.45. The van der Waals surface area contributed by atoms with Crippen LogP contribution in [-0.2, 0) is 15.1 Å². The number of hydrogen-bond acceptors (Lipinski definition) is 5. The maximum absolute atomic E-state index is 15.1. The molecule has 2 atom stereocenters. The van der Waals surface area contributed by atoms with E-state index in [2.05, 4.69) is 10.1 Å². The molecular formula is C23H27F4NO4. The van der Waals surface area contributed by atoms with Crippen LogP contribution in [0.5, 0.6) is 5.75 Å². The number of unbranched alkanes of at least 4 members (excludes halogenated alkanes) is 1. The van der Waals surface area contributed by atoms with Crippen LogP contribution in [0.2, 0.25) is 0 Å². The van der Waals surface area contributed by atoms with Gasteiger partial charge in [-0.25, -0.2) is 4.39 Å². The molecule has 0 amide bonds. The Morgan fingerprint density at radius 1 is 1.16 bits per heavy atom. The van der Waals surface area contributed by atoms with Crippen LogP contribution in [0.4, 0.5) is 17.6 Å². The molecule has 1 heterocycles. The highest BCUT2D eigenvalue weighted by atomic mass is 19.4. The number of benzene rings is 2. The van der Waals surface area contributed by atoms with E-state index in [0.29, 0.717) is 39.1 Å². The highest BCUT2D eigenvalue weighted by Gasteiger charge is 2.42. The molecular weight excluding hydrogens is 430 g/mol. The fourth-order valence-corrected chi connectivity index (χ4v) is 4.01. The molecule has 0 radical (unpaired) electrons. The molecule has 2 aromatic rings. The molecule has 1 aliphatic heterocycles. The maximum atomic E-state index is 15.1. The number of rotatable bonds is 9. The number of morpholine rings is 1. The third kappa shape index (κ3) is 5.98. The molecule has 1 saturated heterocycles. The smallest absolute Gasteiger partial charge is 0.406 e. The zero-order valence-electron chi connectivity index (χ0n) is 17.8. The SMILES string of the molecule is COCCCC[C@@](O)(c1cccc(F)c1-c1cccc(OC(F)(F)F)c1)C1CNCCO1. The average molecular weight is 457 g/mol. The summed E-state index contributed by atoms with van der Waals surface area (Å²) in [6.45, 7) is 1.87. The van der Waals surface area contributed by atoms with E-state index in [1.54, 1.807) is 13.2 Å². The average Bonchev–Trinajstić information content (AvgIpc) is 2.76. The Hall–Kier alpha value is -2.20. The number of ether oxygens (including phenoxy) is 3. The van der Waals surface area contributed by atoms with Gasteiger partial charge in [-0.15, -0.1) is 13.2 Å². The molecule has 1 aliphatic rings. The summed E-state index contributed by atoms with van der Waals surface area (Å²) in [7, 11) is 1.58. The van der Waals surface area contributed by atoms with Gasteiger partial charge in [0.25, 0.3) is 0 Å². The summed E-state index contributed by atoms with van der Waals surface area (Å²) in [5.74, 6) is -1.13. The van der Waals surface area contributed by atoms with E-state index in [9.17, 15) is 18.3 Å². The summed E-state index contributed by atoms with van der Waals surface area (Å²) in [4.78, 5) is 0. The molecule has 1 unspecified atom stereocenters. The van der Waals surface area contributed by atoms with Gasteiger partial charge in [0.05, 0.1) is 6.61 Å². The zero-order chi connectivity index (χ0) is 23.2. The number of methoxy groups -OCH3 is 1. The van der Waals surface area contributed by atoms with Gasteiger partial charge in [0.1, 0.15) is 23.3 Å². The highest BCUT2D eigenvalue weighted by Crippen LogP contribution is 2.41. The van der Waals surface area contributed by atoms with Crippen molar-refractivity contribution in [2.24, 2.45) is 0 Å². The van der Waals surface area contributed by atoms with E-state index in [-0.39, 0.29) is 23.1 Å². The van der Waals surface area contributed by atoms with Gasteiger partial charge in [0.2, 0.25) is 0 Å². The van der Waals surface area contributed by atoms with Gasteiger partial charge in [0, 0.05) is 32.4 Å². The van der Waals surface area contributed by atoms with Gasteiger partial charge in [-0.2, -0.15) is 0 Å². The van der Waals surface area contributed by atoms with Crippen LogP contribution in [0.25, 0.3) is 11.1 Å². The van der Waals surface area contributed by atoms with Crippen molar-refractivity contribution in [1.29, 1.82) is 0 Å². The minimum atomic E-state index is -4.87. The van der Waals surface area contributed by atoms with Crippen LogP contribution in [0, 0.1) is 5.82 Å². The van der Waals surface area contributed by atoms with Crippen LogP contribution in [0.15, 0.2) is 42.5 Å². The third-order valence-electron chi connectivity index (χ3n) is 5.45. The second-order valence-electron chi connectivity index (χ2n) is 7.68. The Morgan fingerprint density at radius 2 is 1.94 bits per heavy atom. The lowest BCUT2D eigenvalue weighted by molar-refractivity contribution is -0.274. The maximum Gasteiger partial charge on any atom is 0.573 e. The molecule has 0 aromatic heterocycles. The van der Waals surface area contributed by atoms with Gasteiger partial charge >= 0.3 is 6.36 Å². The van der Waals surface area contributed by atoms with Crippen LogP contribution < -0.4 is 10.1 Å². The molecule has 0 saturated carbocycles. The van der Waals surface area contributed by atoms with E-state index in [4.69, 9.17) is 9.47 Å². The summed E-state index contributed by atoms with van der Waals surface area (Å²) < 4.78 is 68.1. The molecule has 0 aliphatic carbocycles. The largest absolute Gasteiger partial charge is 0.573 e. The van der Waals surface area contributed by atoms with E-state index < -0.39 is 29.6 Å². The molecule has 2 N–H and O–H groups in total. The summed E-state index contributed by atoms with van der Waals surface area (Å²) in [5, 5.41) is 15.0. The van der Waals surface area contributed by atoms with Crippen molar-refractivity contribution in [2.75, 3.05) is 33.4 Å². The summed E-state index contributed by atoms with van der Waals surface area (Å²) in [6.07, 6.45) is -4.01. The van der Waals surface area contributed by atoms with Crippen LogP contribution >= 0.6 is 0 Å². The quantitative estimate of drug-likeness (QED) is 0.432. The first-order valence-electron chi connectivity index (χ1n) is 10.4. The van der Waals surface area contributed by atoms with Crippen molar-refractivity contribution in [2.45, 2.75) is 37.3 Å². The van der Waals surface area contributed by atoms with Gasteiger partial charge in [0.15, 0.2) is 0 Å². The van der Waals surface area contributed by atoms with Gasteiger partial charge in [-0.05, 0) is 48.6 Å². The normalized spacial score (nSPS) is 18.9. The van der Waals surface area contributed by atoms with E-state index in [1.807, 2.05) is 0 Å². The fraction of sp³-hybridized carbons (Fsp3) is 0.478. The molecule has 0 bridgehead atoms. The standard InChI is InChI=1S/C23H27F4NO4/c1-30-12-3-2-10-22(29,20-15-28-11-13-31-20)18-8-5-9-19(24)21(18)16-6-4-7-17(14-16)32-23(25,26)27/h4-9,14,20,28-29H,2-3,10-13,15H2,1H3/t20?,22-/m1/s1. The van der Waals surface area contributed by atoms with Gasteiger partial charge in [-0.1, -0.05) is 24.3 Å². The monoisotopic (exact) mass is 457 g/mol. The Labute approximate surface area is 184 Å². The van der Waals surface area contributed by atoms with Crippen LogP contribution in [0.3, 0.4) is 0 Å². The molecule has 32 heavy (non-hydrogen) atoms. The molecule has 9 heteroatoms. The first-order valence-corrected chi connectivity index (χ1v) is 10.4. The summed E-state index contributed by atoms with van der Waals surface area (Å²) in [6, 6.07) is 9.36. The number of nitrogens with one attached hydrogen (secondary N) is 1. The second-order valence-corrected chi connectivity index (χ2v) is 7.68. The number of hydrogen-bond donors (Lipinski definition) is 2. The van der Waals surface area contributed by atoms with Gasteiger partial charge < -0.3 is 24.6 Å². The topological polar surface area (TPSA) is 60.0 Å². The predicted molar refractivity (Wildman–Crippen MR) is 111 cm³/mol. The Kier molecular flexibility index (Phi) is 8.10. The fourth-order valence-electron chi connectivity index (χ4n) is 4.01. The van der Waals surface area contributed by atoms with Crippen molar-refractivity contribution in [3.63, 3.8) is 0 Å². The number of halogens is 4. The Morgan fingerprint density at radius 3 is 2.62 bits per heavy atom. The van der Waals surface area contributed by atoms with E-state index >= 15 is 4.39 Å². The molecule has 1 fully saturated rings. The lowest BCUT2D eigenvalue weighted by atomic mass is 9.79. The van der Waals surface area contributed by atoms with E-state index in [0.717, 1.165) is 12.1 Å². The lowest BCUT2D eigenvalue weighted by Gasteiger charge is -2.40. The summed E-state index contributed by atoms with van der Waals surface area (Å²) >= 11 is 0. The molecule has 5 nitrogen and oxygen atoms in total. The Bertz CT molecular complexity index is 887. The minimum Gasteiger partial charge on any atom is -0.406 e. The van der Waals surface area contributed by atoms with E-state index in [1.165, 1.54) is 24.3 Å². The van der Waals surface area contributed by atoms with Crippen molar-refractivity contribution < 1.29 is 36.9 Å². The molecule has 176 valence electrons. The molecule has 2 aromatic carbocycles. The van der Waals surface area contributed by atoms with Crippen molar-refractivity contribution >= 4 is 0 Å². The predicted octanol–water partition coefficient (Wildman–Crippen LogP) is 4.38. The van der Waals surface area contributed by atoms with Crippen LogP contribution in [0.1, 0.15) is 24.8 Å². The number of alkyl halides is 3. The highest BCUT2D eigenvalue weighted by molar-refractivity contribution is 5.70. The zero-order valence-corrected chi connectivity index (χ0v) is 17.8. The number of aliphatic hydroxyl groups is 1. The molecule has 0 spiro atoms. The summed E-state index contributed by atoms with van der Waals surface area (Å²) in [5.41, 5.74) is -1.13. The van der Waals surface area contributed by atoms with Crippen LogP contribution in [-0.4, -0.2) is 51.0 Å². The van der Waals surface area contributed by atoms with Gasteiger partial charge in [-0.3, -0.25) is 0 Å². The molecule has 3 rings (SSSR count). The second kappa shape index (κ2) is 10.6. The van der Waals surface area contributed by atoms with Crippen molar-refractivity contribution in [1.82, 2.24) is 5.32 Å². The van der Waals surface area contributed by atoms with Crippen molar-refractivity contribution in [3.8, 4) is 16.9 Å².